The number of carbonyl (C=O) groups excluding carboxylic acids is 1. The molecule has 0 spiro atoms. The molecular formula is C20H26FN3O. The first kappa shape index (κ1) is 19.1. The highest BCUT2D eigenvalue weighted by Crippen LogP contribution is 2.25. The van der Waals surface area contributed by atoms with E-state index in [0.29, 0.717) is 5.69 Å². The van der Waals surface area contributed by atoms with Gasteiger partial charge in [0.2, 0.25) is 5.91 Å². The Hall–Kier alpha value is -2.27. The molecule has 0 fully saturated rings. The van der Waals surface area contributed by atoms with Crippen LogP contribution in [0.3, 0.4) is 0 Å². The first-order chi connectivity index (χ1) is 11.9. The third-order valence-corrected chi connectivity index (χ3v) is 4.53. The summed E-state index contributed by atoms with van der Waals surface area (Å²) in [5, 5.41) is 2.84. The molecule has 1 aromatic heterocycles. The molecule has 0 radical (unpaired) electrons. The molecule has 0 aliphatic heterocycles. The van der Waals surface area contributed by atoms with E-state index in [1.54, 1.807) is 12.3 Å². The van der Waals surface area contributed by atoms with Crippen LogP contribution in [0.15, 0.2) is 42.6 Å². The average Bonchev–Trinajstić information content (AvgIpc) is 2.62. The second-order valence-electron chi connectivity index (χ2n) is 6.35. The summed E-state index contributed by atoms with van der Waals surface area (Å²) < 4.78 is 13.4. The molecule has 1 aromatic carbocycles. The van der Waals surface area contributed by atoms with Crippen LogP contribution >= 0.6 is 0 Å². The third-order valence-electron chi connectivity index (χ3n) is 4.53. The Morgan fingerprint density at radius 3 is 2.72 bits per heavy atom. The molecule has 1 N–H and O–H groups in total. The minimum atomic E-state index is -0.374. The zero-order chi connectivity index (χ0) is 18.4. The van der Waals surface area contributed by atoms with Crippen LogP contribution in [0.1, 0.15) is 44.0 Å². The van der Waals surface area contributed by atoms with Crippen LogP contribution < -0.4 is 5.32 Å². The predicted octanol–water partition coefficient (Wildman–Crippen LogP) is 4.33. The minimum absolute atomic E-state index is 0.0561. The largest absolute Gasteiger partial charge is 0.324 e. The molecule has 0 bridgehead atoms. The SMILES string of the molecule is CCC[C@H](c1ccccn1)N(C)[C@H](C)C(=O)Nc1cc(F)ccc1C. The second kappa shape index (κ2) is 8.72. The standard InChI is InChI=1S/C20H26FN3O/c1-5-8-19(17-9-6-7-12-22-17)24(4)15(3)20(25)23-18-13-16(21)11-10-14(18)2/h6-7,9-13,15,19H,5,8H2,1-4H3,(H,23,25)/t15-,19-/m1/s1. The Morgan fingerprint density at radius 1 is 1.32 bits per heavy atom. The lowest BCUT2D eigenvalue weighted by Crippen LogP contribution is -2.42. The molecule has 5 heteroatoms. The van der Waals surface area contributed by atoms with Gasteiger partial charge in [0.05, 0.1) is 17.8 Å². The normalized spacial score (nSPS) is 13.5. The highest BCUT2D eigenvalue weighted by molar-refractivity contribution is 5.95. The van der Waals surface area contributed by atoms with E-state index < -0.39 is 0 Å². The van der Waals surface area contributed by atoms with Crippen molar-refractivity contribution in [2.75, 3.05) is 12.4 Å². The van der Waals surface area contributed by atoms with Crippen molar-refractivity contribution < 1.29 is 9.18 Å². The van der Waals surface area contributed by atoms with Gasteiger partial charge in [-0.2, -0.15) is 0 Å². The lowest BCUT2D eigenvalue weighted by molar-refractivity contribution is -0.121. The minimum Gasteiger partial charge on any atom is -0.324 e. The van der Waals surface area contributed by atoms with Gasteiger partial charge in [-0.05, 0) is 57.1 Å². The number of nitrogens with one attached hydrogen (secondary N) is 1. The topological polar surface area (TPSA) is 45.2 Å². The van der Waals surface area contributed by atoms with Crippen molar-refractivity contribution in [1.82, 2.24) is 9.88 Å². The first-order valence-corrected chi connectivity index (χ1v) is 8.64. The molecule has 25 heavy (non-hydrogen) atoms. The summed E-state index contributed by atoms with van der Waals surface area (Å²) in [4.78, 5) is 19.1. The van der Waals surface area contributed by atoms with Crippen molar-refractivity contribution in [3.05, 3.63) is 59.7 Å². The molecule has 2 atom stereocenters. The van der Waals surface area contributed by atoms with Crippen LogP contribution in [0.4, 0.5) is 10.1 Å². The number of halogens is 1. The van der Waals surface area contributed by atoms with E-state index >= 15 is 0 Å². The van der Waals surface area contributed by atoms with Crippen LogP contribution in [-0.2, 0) is 4.79 Å². The molecular weight excluding hydrogens is 317 g/mol. The Bertz CT molecular complexity index is 705. The highest BCUT2D eigenvalue weighted by atomic mass is 19.1. The van der Waals surface area contributed by atoms with Gasteiger partial charge in [0.25, 0.3) is 0 Å². The summed E-state index contributed by atoms with van der Waals surface area (Å²) in [6.45, 7) is 5.82. The number of benzene rings is 1. The number of hydrogen-bond acceptors (Lipinski definition) is 3. The van der Waals surface area contributed by atoms with Gasteiger partial charge in [-0.25, -0.2) is 4.39 Å². The molecule has 4 nitrogen and oxygen atoms in total. The van der Waals surface area contributed by atoms with Crippen LogP contribution in [0.25, 0.3) is 0 Å². The van der Waals surface area contributed by atoms with Crippen molar-refractivity contribution in [3.8, 4) is 0 Å². The van der Waals surface area contributed by atoms with Crippen LogP contribution in [0, 0.1) is 12.7 Å². The van der Waals surface area contributed by atoms with Crippen molar-refractivity contribution in [2.24, 2.45) is 0 Å². The number of anilines is 1. The fourth-order valence-corrected chi connectivity index (χ4v) is 2.83. The zero-order valence-corrected chi connectivity index (χ0v) is 15.3. The summed E-state index contributed by atoms with van der Waals surface area (Å²) in [7, 11) is 1.93. The summed E-state index contributed by atoms with van der Waals surface area (Å²) in [6.07, 6.45) is 3.67. The monoisotopic (exact) mass is 343 g/mol. The maximum Gasteiger partial charge on any atom is 0.241 e. The molecule has 2 aromatic rings. The molecule has 1 amide bonds. The maximum absolute atomic E-state index is 13.4. The molecule has 0 unspecified atom stereocenters. The second-order valence-corrected chi connectivity index (χ2v) is 6.35. The fraction of sp³-hybridized carbons (Fsp3) is 0.400. The predicted molar refractivity (Wildman–Crippen MR) is 98.9 cm³/mol. The van der Waals surface area contributed by atoms with Crippen molar-refractivity contribution >= 4 is 11.6 Å². The Kier molecular flexibility index (Phi) is 6.65. The van der Waals surface area contributed by atoms with Crippen LogP contribution in [0.5, 0.6) is 0 Å². The summed E-state index contributed by atoms with van der Waals surface area (Å²) in [5.74, 6) is -0.521. The number of rotatable bonds is 7. The number of likely N-dealkylation sites (N-methyl/N-ethyl adjacent to an activating group) is 1. The molecule has 1 heterocycles. The highest BCUT2D eigenvalue weighted by Gasteiger charge is 2.26. The van der Waals surface area contributed by atoms with Gasteiger partial charge in [-0.15, -0.1) is 0 Å². The number of aryl methyl sites for hydroxylation is 1. The third kappa shape index (κ3) is 4.86. The van der Waals surface area contributed by atoms with Gasteiger partial charge < -0.3 is 5.32 Å². The smallest absolute Gasteiger partial charge is 0.241 e. The summed E-state index contributed by atoms with van der Waals surface area (Å²) in [6, 6.07) is 9.91. The molecule has 0 saturated carbocycles. The first-order valence-electron chi connectivity index (χ1n) is 8.64. The molecule has 2 rings (SSSR count). The van der Waals surface area contributed by atoms with E-state index in [-0.39, 0.29) is 23.8 Å². The summed E-state index contributed by atoms with van der Waals surface area (Å²) >= 11 is 0. The van der Waals surface area contributed by atoms with Crippen molar-refractivity contribution in [3.63, 3.8) is 0 Å². The number of carbonyl (C=O) groups is 1. The lowest BCUT2D eigenvalue weighted by Gasteiger charge is -2.32. The molecule has 0 aliphatic rings. The average molecular weight is 343 g/mol. The van der Waals surface area contributed by atoms with E-state index in [9.17, 15) is 9.18 Å². The fourth-order valence-electron chi connectivity index (χ4n) is 2.83. The van der Waals surface area contributed by atoms with Gasteiger partial charge in [0.15, 0.2) is 0 Å². The lowest BCUT2D eigenvalue weighted by atomic mass is 10.0. The Labute approximate surface area is 149 Å². The number of aromatic nitrogens is 1. The van der Waals surface area contributed by atoms with E-state index in [1.165, 1.54) is 12.1 Å². The van der Waals surface area contributed by atoms with E-state index in [2.05, 4.69) is 17.2 Å². The summed E-state index contributed by atoms with van der Waals surface area (Å²) in [5.41, 5.74) is 2.29. The number of hydrogen-bond donors (Lipinski definition) is 1. The van der Waals surface area contributed by atoms with Crippen LogP contribution in [0.2, 0.25) is 0 Å². The number of pyridine rings is 1. The van der Waals surface area contributed by atoms with Gasteiger partial charge in [-0.1, -0.05) is 25.5 Å². The van der Waals surface area contributed by atoms with Crippen molar-refractivity contribution in [1.29, 1.82) is 0 Å². The van der Waals surface area contributed by atoms with Gasteiger partial charge in [0, 0.05) is 11.9 Å². The van der Waals surface area contributed by atoms with E-state index in [0.717, 1.165) is 24.1 Å². The van der Waals surface area contributed by atoms with Crippen LogP contribution in [-0.4, -0.2) is 28.9 Å². The maximum atomic E-state index is 13.4. The molecule has 0 saturated heterocycles. The Morgan fingerprint density at radius 2 is 2.08 bits per heavy atom. The molecule has 0 aliphatic carbocycles. The van der Waals surface area contributed by atoms with Crippen molar-refractivity contribution in [2.45, 2.75) is 45.7 Å². The number of nitrogens with zero attached hydrogens (tertiary/aromatic N) is 2. The van der Waals surface area contributed by atoms with Gasteiger partial charge in [0.1, 0.15) is 5.82 Å². The quantitative estimate of drug-likeness (QED) is 0.814. The van der Waals surface area contributed by atoms with E-state index in [4.69, 9.17) is 0 Å². The van der Waals surface area contributed by atoms with E-state index in [1.807, 2.05) is 44.0 Å². The van der Waals surface area contributed by atoms with Gasteiger partial charge in [-0.3, -0.25) is 14.7 Å². The zero-order valence-electron chi connectivity index (χ0n) is 15.3. The number of amides is 1. The molecule has 134 valence electrons. The van der Waals surface area contributed by atoms with Gasteiger partial charge >= 0.3 is 0 Å². The Balaban J connectivity index is 2.14.